The average Bonchev–Trinajstić information content (AvgIpc) is 3.47. The Labute approximate surface area is 209 Å². The van der Waals surface area contributed by atoms with Crippen LogP contribution in [0, 0.1) is 0 Å². The van der Waals surface area contributed by atoms with E-state index < -0.39 is 0 Å². The van der Waals surface area contributed by atoms with Gasteiger partial charge in [-0.25, -0.2) is 0 Å². The van der Waals surface area contributed by atoms with Crippen LogP contribution in [0.2, 0.25) is 0 Å². The molecule has 3 aliphatic heterocycles. The van der Waals surface area contributed by atoms with Crippen molar-refractivity contribution in [1.29, 1.82) is 0 Å². The van der Waals surface area contributed by atoms with Crippen molar-refractivity contribution < 1.29 is 14.3 Å². The lowest BCUT2D eigenvalue weighted by Crippen LogP contribution is -2.45. The van der Waals surface area contributed by atoms with E-state index in [1.54, 1.807) is 0 Å². The Morgan fingerprint density at radius 3 is 2.57 bits per heavy atom. The van der Waals surface area contributed by atoms with Crippen LogP contribution in [0.15, 0.2) is 36.4 Å². The molecule has 186 valence electrons. The highest BCUT2D eigenvalue weighted by Crippen LogP contribution is 2.32. The highest BCUT2D eigenvalue weighted by molar-refractivity contribution is 5.97. The fourth-order valence-electron chi connectivity index (χ4n) is 6.41. The van der Waals surface area contributed by atoms with Gasteiger partial charge >= 0.3 is 0 Å². The van der Waals surface area contributed by atoms with E-state index in [0.717, 1.165) is 68.7 Å². The van der Waals surface area contributed by atoms with Gasteiger partial charge in [-0.15, -0.1) is 0 Å². The van der Waals surface area contributed by atoms with Gasteiger partial charge in [-0.2, -0.15) is 0 Å². The summed E-state index contributed by atoms with van der Waals surface area (Å²) in [4.78, 5) is 18.2. The second kappa shape index (κ2) is 10.3. The molecule has 6 rings (SSSR count). The number of ether oxygens (including phenoxy) is 2. The minimum atomic E-state index is 0.180. The average molecular weight is 475 g/mol. The van der Waals surface area contributed by atoms with Crippen molar-refractivity contribution in [3.63, 3.8) is 0 Å². The Morgan fingerprint density at radius 1 is 0.886 bits per heavy atom. The van der Waals surface area contributed by atoms with Gasteiger partial charge in [-0.1, -0.05) is 31.0 Å². The molecule has 0 radical (unpaired) electrons. The second-order valence-corrected chi connectivity index (χ2v) is 10.9. The lowest BCUT2D eigenvalue weighted by Gasteiger charge is -2.33. The third kappa shape index (κ3) is 5.12. The van der Waals surface area contributed by atoms with E-state index in [4.69, 9.17) is 9.47 Å². The van der Waals surface area contributed by atoms with Gasteiger partial charge < -0.3 is 14.4 Å². The topological polar surface area (TPSA) is 42.0 Å². The van der Waals surface area contributed by atoms with Crippen LogP contribution < -0.4 is 4.74 Å². The van der Waals surface area contributed by atoms with Crippen molar-refractivity contribution in [2.75, 3.05) is 32.8 Å². The molecule has 1 amide bonds. The number of amides is 1. The van der Waals surface area contributed by atoms with Crippen LogP contribution in [0.1, 0.15) is 71.1 Å². The fraction of sp³-hybridized carbons (Fsp3) is 0.567. The first-order valence-electron chi connectivity index (χ1n) is 13.7. The monoisotopic (exact) mass is 474 g/mol. The molecule has 2 aromatic carbocycles. The first-order chi connectivity index (χ1) is 17.2. The Kier molecular flexibility index (Phi) is 6.80. The first-order valence-corrected chi connectivity index (χ1v) is 13.7. The van der Waals surface area contributed by atoms with Crippen molar-refractivity contribution in [3.05, 3.63) is 64.2 Å². The number of hydrogen-bond acceptors (Lipinski definition) is 4. The summed E-state index contributed by atoms with van der Waals surface area (Å²) in [5, 5.41) is 0. The Morgan fingerprint density at radius 2 is 1.74 bits per heavy atom. The van der Waals surface area contributed by atoms with Crippen molar-refractivity contribution in [2.24, 2.45) is 0 Å². The number of benzene rings is 2. The summed E-state index contributed by atoms with van der Waals surface area (Å²) < 4.78 is 11.6. The van der Waals surface area contributed by atoms with Gasteiger partial charge in [0.1, 0.15) is 12.4 Å². The first kappa shape index (κ1) is 23.1. The molecule has 0 spiro atoms. The molecule has 2 fully saturated rings. The molecule has 0 N–H and O–H groups in total. The largest absolute Gasteiger partial charge is 0.491 e. The minimum Gasteiger partial charge on any atom is -0.491 e. The summed E-state index contributed by atoms with van der Waals surface area (Å²) in [6.45, 7) is 5.74. The SMILES string of the molecule is O=C1c2ccc(OCC3CCCO3)cc2CCN1C1Cc2ccc(CN3CCCCCC3)cc2C1. The zero-order chi connectivity index (χ0) is 23.6. The quantitative estimate of drug-likeness (QED) is 0.604. The number of carbonyl (C=O) groups is 1. The third-order valence-corrected chi connectivity index (χ3v) is 8.38. The standard InChI is InChI=1S/C30H38N2O3/c33-30-29-10-9-27(35-21-28-6-5-15-34-28)19-24(29)11-14-32(30)26-17-23-8-7-22(16-25(23)18-26)20-31-12-3-1-2-4-13-31/h7-10,16,19,26,28H,1-6,11-15,17-18,20-21H2. The summed E-state index contributed by atoms with van der Waals surface area (Å²) in [6.07, 6.45) is 10.6. The lowest BCUT2D eigenvalue weighted by atomic mass is 9.96. The van der Waals surface area contributed by atoms with Crippen LogP contribution >= 0.6 is 0 Å². The molecular formula is C30H38N2O3. The molecule has 0 bridgehead atoms. The van der Waals surface area contributed by atoms with E-state index in [-0.39, 0.29) is 18.1 Å². The van der Waals surface area contributed by atoms with Gasteiger partial charge in [0.25, 0.3) is 5.91 Å². The fourth-order valence-corrected chi connectivity index (χ4v) is 6.41. The van der Waals surface area contributed by atoms with Crippen LogP contribution in [-0.2, 0) is 30.5 Å². The van der Waals surface area contributed by atoms with Crippen LogP contribution in [0.4, 0.5) is 0 Å². The summed E-state index contributed by atoms with van der Waals surface area (Å²) in [5.74, 6) is 1.03. The Bertz CT molecular complexity index is 1050. The summed E-state index contributed by atoms with van der Waals surface area (Å²) >= 11 is 0. The highest BCUT2D eigenvalue weighted by atomic mass is 16.5. The van der Waals surface area contributed by atoms with Crippen molar-refractivity contribution in [3.8, 4) is 5.75 Å². The van der Waals surface area contributed by atoms with E-state index in [0.29, 0.717) is 6.61 Å². The molecule has 2 atom stereocenters. The molecule has 5 nitrogen and oxygen atoms in total. The van der Waals surface area contributed by atoms with E-state index in [9.17, 15) is 4.79 Å². The molecule has 2 saturated heterocycles. The number of rotatable bonds is 6. The van der Waals surface area contributed by atoms with Gasteiger partial charge in [0.15, 0.2) is 0 Å². The van der Waals surface area contributed by atoms with Crippen molar-refractivity contribution in [2.45, 2.75) is 76.5 Å². The molecule has 0 aromatic heterocycles. The molecule has 0 saturated carbocycles. The predicted molar refractivity (Wildman–Crippen MR) is 137 cm³/mol. The normalized spacial score (nSPS) is 24.8. The van der Waals surface area contributed by atoms with Crippen LogP contribution in [0.25, 0.3) is 0 Å². The molecular weight excluding hydrogens is 436 g/mol. The molecule has 5 heteroatoms. The summed E-state index contributed by atoms with van der Waals surface area (Å²) in [6, 6.07) is 13.3. The highest BCUT2D eigenvalue weighted by Gasteiger charge is 2.34. The number of likely N-dealkylation sites (tertiary alicyclic amines) is 1. The van der Waals surface area contributed by atoms with E-state index in [1.807, 2.05) is 12.1 Å². The number of carbonyl (C=O) groups excluding carboxylic acids is 1. The van der Waals surface area contributed by atoms with Gasteiger partial charge in [-0.05, 0) is 98.5 Å². The zero-order valence-corrected chi connectivity index (χ0v) is 20.8. The van der Waals surface area contributed by atoms with Gasteiger partial charge in [0.2, 0.25) is 0 Å². The number of nitrogens with zero attached hydrogens (tertiary/aromatic N) is 2. The van der Waals surface area contributed by atoms with Crippen LogP contribution in [0.5, 0.6) is 5.75 Å². The summed E-state index contributed by atoms with van der Waals surface area (Å²) in [5.41, 5.74) is 6.26. The number of fused-ring (bicyclic) bond motifs is 2. The minimum absolute atomic E-state index is 0.180. The molecule has 2 aromatic rings. The number of hydrogen-bond donors (Lipinski definition) is 0. The van der Waals surface area contributed by atoms with E-state index in [1.165, 1.54) is 55.5 Å². The molecule has 1 aliphatic carbocycles. The van der Waals surface area contributed by atoms with E-state index in [2.05, 4.69) is 34.1 Å². The van der Waals surface area contributed by atoms with Gasteiger partial charge in [0.05, 0.1) is 6.10 Å². The molecule has 3 heterocycles. The van der Waals surface area contributed by atoms with E-state index >= 15 is 0 Å². The summed E-state index contributed by atoms with van der Waals surface area (Å²) in [7, 11) is 0. The van der Waals surface area contributed by atoms with Gasteiger partial charge in [0, 0.05) is 31.3 Å². The van der Waals surface area contributed by atoms with Crippen molar-refractivity contribution >= 4 is 5.91 Å². The zero-order valence-electron chi connectivity index (χ0n) is 20.8. The molecule has 4 aliphatic rings. The Balaban J connectivity index is 1.09. The molecule has 35 heavy (non-hydrogen) atoms. The predicted octanol–water partition coefficient (Wildman–Crippen LogP) is 4.79. The second-order valence-electron chi connectivity index (χ2n) is 10.9. The van der Waals surface area contributed by atoms with Gasteiger partial charge in [-0.3, -0.25) is 9.69 Å². The van der Waals surface area contributed by atoms with Crippen molar-refractivity contribution in [1.82, 2.24) is 9.80 Å². The Hall–Kier alpha value is -2.37. The van der Waals surface area contributed by atoms with Crippen LogP contribution in [-0.4, -0.2) is 60.7 Å². The lowest BCUT2D eigenvalue weighted by molar-refractivity contribution is 0.0657. The maximum absolute atomic E-state index is 13.5. The third-order valence-electron chi connectivity index (χ3n) is 8.38. The van der Waals surface area contributed by atoms with Crippen LogP contribution in [0.3, 0.4) is 0 Å². The maximum Gasteiger partial charge on any atom is 0.254 e. The smallest absolute Gasteiger partial charge is 0.254 e. The maximum atomic E-state index is 13.5. The molecule has 2 unspecified atom stereocenters.